The van der Waals surface area contributed by atoms with Crippen LogP contribution in [0.1, 0.15) is 234 Å². The van der Waals surface area contributed by atoms with E-state index in [1.807, 2.05) is 24.3 Å². The van der Waals surface area contributed by atoms with Gasteiger partial charge in [-0.15, -0.1) is 22.7 Å². The predicted octanol–water partition coefficient (Wildman–Crippen LogP) is 18.8. The van der Waals surface area contributed by atoms with E-state index in [-0.39, 0.29) is 11.8 Å². The van der Waals surface area contributed by atoms with Gasteiger partial charge in [-0.3, -0.25) is 14.5 Å². The van der Waals surface area contributed by atoms with Gasteiger partial charge in [-0.05, 0) is 51.1 Å². The molecule has 0 fully saturated rings. The van der Waals surface area contributed by atoms with Gasteiger partial charge in [0.1, 0.15) is 19.1 Å². The summed E-state index contributed by atoms with van der Waals surface area (Å²) in [6, 6.07) is 8.16. The second-order valence-corrected chi connectivity index (χ2v) is 22.2. The highest BCUT2D eigenvalue weighted by Crippen LogP contribution is 2.48. The number of rotatable bonds is 37. The summed E-state index contributed by atoms with van der Waals surface area (Å²) in [5.74, 6) is 1.25. The highest BCUT2D eigenvalue weighted by atomic mass is 79.9. The first-order chi connectivity index (χ1) is 29.9. The molecule has 0 spiro atoms. The number of nitrogens with zero attached hydrogens (tertiary/aromatic N) is 1. The third-order valence-electron chi connectivity index (χ3n) is 12.2. The van der Waals surface area contributed by atoms with Crippen LogP contribution in [0.2, 0.25) is 0 Å². The Labute approximate surface area is 396 Å². The molecule has 342 valence electrons. The van der Waals surface area contributed by atoms with Crippen LogP contribution in [0.25, 0.3) is 20.9 Å². The van der Waals surface area contributed by atoms with Gasteiger partial charge in [-0.1, -0.05) is 206 Å². The molecule has 1 aromatic carbocycles. The van der Waals surface area contributed by atoms with Crippen molar-refractivity contribution in [1.82, 2.24) is 4.90 Å². The summed E-state index contributed by atoms with van der Waals surface area (Å²) in [7, 11) is 0. The summed E-state index contributed by atoms with van der Waals surface area (Å²) in [4.78, 5) is 32.2. The molecule has 61 heavy (non-hydrogen) atoms. The van der Waals surface area contributed by atoms with Crippen LogP contribution in [0.5, 0.6) is 11.5 Å². The lowest BCUT2D eigenvalue weighted by molar-refractivity contribution is 0.0652. The van der Waals surface area contributed by atoms with Gasteiger partial charge in [0.15, 0.2) is 0 Å². The standard InChI is InChI=1S/C52H79Br2NO4S2/c1-4-7-10-13-16-19-22-25-28-31-36-55-51(56)47-41(45-39-43(49(53)60-45)58-37-32-29-26-23-20-17-14-11-8-5-2)34-35-42(48(47)52(55)57)46-40-44(50(54)61-46)59-38-33-30-27-24-21-18-15-12-9-6-3/h34-35,39-40H,4-33,36-38H2,1-3H3. The molecule has 9 heteroatoms. The molecule has 0 unspecified atom stereocenters. The zero-order valence-electron chi connectivity index (χ0n) is 38.3. The Balaban J connectivity index is 1.40. The molecule has 0 atom stereocenters. The lowest BCUT2D eigenvalue weighted by atomic mass is 9.95. The lowest BCUT2D eigenvalue weighted by Crippen LogP contribution is -2.30. The minimum Gasteiger partial charge on any atom is -0.491 e. The van der Waals surface area contributed by atoms with Crippen LogP contribution in [-0.4, -0.2) is 36.5 Å². The summed E-state index contributed by atoms with van der Waals surface area (Å²) < 4.78 is 14.4. The Morgan fingerprint density at radius 2 is 0.738 bits per heavy atom. The van der Waals surface area contributed by atoms with Crippen molar-refractivity contribution in [3.8, 4) is 32.4 Å². The SMILES string of the molecule is CCCCCCCCCCCCOc1cc(-c2ccc(-c3cc(OCCCCCCCCCCCC)c(Br)s3)c3c2C(=O)N(CCCCCCCCCCCC)C3=O)sc1Br. The maximum Gasteiger partial charge on any atom is 0.262 e. The van der Waals surface area contributed by atoms with E-state index in [4.69, 9.17) is 9.47 Å². The summed E-state index contributed by atoms with van der Waals surface area (Å²) in [5, 5.41) is 0. The highest BCUT2D eigenvalue weighted by Gasteiger charge is 2.40. The Morgan fingerprint density at radius 3 is 1.07 bits per heavy atom. The normalized spacial score (nSPS) is 12.6. The number of imide groups is 1. The average molecular weight is 1010 g/mol. The van der Waals surface area contributed by atoms with Gasteiger partial charge >= 0.3 is 0 Å². The number of hydrogen-bond donors (Lipinski definition) is 0. The van der Waals surface area contributed by atoms with E-state index in [2.05, 4.69) is 52.6 Å². The maximum atomic E-state index is 14.4. The number of fused-ring (bicyclic) bond motifs is 1. The number of ether oxygens (including phenoxy) is 2. The number of carbonyl (C=O) groups is 2. The van der Waals surface area contributed by atoms with Gasteiger partial charge in [0, 0.05) is 39.6 Å². The van der Waals surface area contributed by atoms with Crippen molar-refractivity contribution in [2.75, 3.05) is 19.8 Å². The molecule has 0 aliphatic carbocycles. The summed E-state index contributed by atoms with van der Waals surface area (Å²) in [6.45, 7) is 8.59. The van der Waals surface area contributed by atoms with Crippen molar-refractivity contribution in [3.05, 3.63) is 43.0 Å². The second-order valence-electron chi connectivity index (χ2n) is 17.4. The maximum absolute atomic E-state index is 14.4. The van der Waals surface area contributed by atoms with E-state index in [1.165, 1.54) is 165 Å². The summed E-state index contributed by atoms with van der Waals surface area (Å²) >= 11 is 10.7. The van der Waals surface area contributed by atoms with Crippen LogP contribution in [0, 0.1) is 0 Å². The number of hydrogen-bond acceptors (Lipinski definition) is 6. The van der Waals surface area contributed by atoms with Crippen LogP contribution >= 0.6 is 54.5 Å². The molecule has 0 saturated heterocycles. The Kier molecular flexibility index (Phi) is 26.6. The first-order valence-corrected chi connectivity index (χ1v) is 28.0. The number of benzene rings is 1. The van der Waals surface area contributed by atoms with E-state index in [0.717, 1.165) is 72.1 Å². The van der Waals surface area contributed by atoms with E-state index in [0.29, 0.717) is 30.9 Å². The number of amides is 2. The Hall–Kier alpha value is -1.68. The molecule has 1 aliphatic heterocycles. The van der Waals surface area contributed by atoms with Crippen LogP contribution in [0.3, 0.4) is 0 Å². The molecule has 5 nitrogen and oxygen atoms in total. The zero-order chi connectivity index (χ0) is 43.5. The van der Waals surface area contributed by atoms with Crippen molar-refractivity contribution in [3.63, 3.8) is 0 Å². The molecule has 0 N–H and O–H groups in total. The molecule has 0 bridgehead atoms. The predicted molar refractivity (Wildman–Crippen MR) is 270 cm³/mol. The molecule has 3 heterocycles. The topological polar surface area (TPSA) is 55.8 Å². The number of carbonyl (C=O) groups excluding carboxylic acids is 2. The average Bonchev–Trinajstić information content (AvgIpc) is 3.90. The van der Waals surface area contributed by atoms with Gasteiger partial charge in [0.05, 0.1) is 24.3 Å². The first kappa shape index (κ1) is 51.9. The van der Waals surface area contributed by atoms with Crippen LogP contribution in [-0.2, 0) is 0 Å². The van der Waals surface area contributed by atoms with Gasteiger partial charge < -0.3 is 9.47 Å². The fraction of sp³-hybridized carbons (Fsp3) is 0.692. The molecule has 4 rings (SSSR count). The van der Waals surface area contributed by atoms with Crippen molar-refractivity contribution < 1.29 is 19.1 Å². The number of thiophene rings is 2. The summed E-state index contributed by atoms with van der Waals surface area (Å²) in [6.07, 6.45) is 37.8. The van der Waals surface area contributed by atoms with Gasteiger partial charge in [0.25, 0.3) is 11.8 Å². The smallest absolute Gasteiger partial charge is 0.262 e. The fourth-order valence-electron chi connectivity index (χ4n) is 8.49. The monoisotopic (exact) mass is 1000 g/mol. The molecule has 2 amide bonds. The van der Waals surface area contributed by atoms with E-state index in [1.54, 1.807) is 22.7 Å². The molecular weight excluding hydrogens is 927 g/mol. The van der Waals surface area contributed by atoms with Crippen molar-refractivity contribution >= 4 is 66.3 Å². The summed E-state index contributed by atoms with van der Waals surface area (Å²) in [5.41, 5.74) is 2.63. The van der Waals surface area contributed by atoms with Gasteiger partial charge in [-0.25, -0.2) is 0 Å². The zero-order valence-corrected chi connectivity index (χ0v) is 43.1. The number of halogens is 2. The van der Waals surface area contributed by atoms with Crippen LogP contribution < -0.4 is 9.47 Å². The van der Waals surface area contributed by atoms with Crippen molar-refractivity contribution in [2.24, 2.45) is 0 Å². The first-order valence-electron chi connectivity index (χ1n) is 24.8. The second kappa shape index (κ2) is 31.2. The molecule has 2 aromatic heterocycles. The highest BCUT2D eigenvalue weighted by molar-refractivity contribution is 9.11. The third kappa shape index (κ3) is 18.0. The van der Waals surface area contributed by atoms with Crippen LogP contribution in [0.15, 0.2) is 31.8 Å². The molecule has 0 radical (unpaired) electrons. The van der Waals surface area contributed by atoms with Crippen molar-refractivity contribution in [1.29, 1.82) is 0 Å². The van der Waals surface area contributed by atoms with E-state index < -0.39 is 0 Å². The molecule has 3 aromatic rings. The minimum atomic E-state index is -0.182. The van der Waals surface area contributed by atoms with E-state index >= 15 is 0 Å². The van der Waals surface area contributed by atoms with Crippen molar-refractivity contribution in [2.45, 2.75) is 213 Å². The molecule has 1 aliphatic rings. The third-order valence-corrected chi connectivity index (χ3v) is 15.8. The fourth-order valence-corrected chi connectivity index (χ4v) is 11.7. The van der Waals surface area contributed by atoms with E-state index in [9.17, 15) is 9.59 Å². The van der Waals surface area contributed by atoms with Gasteiger partial charge in [-0.2, -0.15) is 0 Å². The quantitative estimate of drug-likeness (QED) is 0.0427. The number of unbranched alkanes of at least 4 members (excludes halogenated alkanes) is 27. The van der Waals surface area contributed by atoms with Gasteiger partial charge in [0.2, 0.25) is 0 Å². The Bertz CT molecular complexity index is 1580. The largest absolute Gasteiger partial charge is 0.491 e. The minimum absolute atomic E-state index is 0.182. The molecular formula is C52H79Br2NO4S2. The van der Waals surface area contributed by atoms with Crippen LogP contribution in [0.4, 0.5) is 0 Å². The lowest BCUT2D eigenvalue weighted by Gasteiger charge is -2.13. The Morgan fingerprint density at radius 1 is 0.443 bits per heavy atom. The molecule has 0 saturated carbocycles.